The van der Waals surface area contributed by atoms with Gasteiger partial charge in [-0.3, -0.25) is 9.59 Å². The van der Waals surface area contributed by atoms with E-state index in [9.17, 15) is 14.4 Å². The van der Waals surface area contributed by atoms with Crippen molar-refractivity contribution in [1.29, 1.82) is 0 Å². The molecule has 0 aliphatic heterocycles. The van der Waals surface area contributed by atoms with Crippen LogP contribution in [0.5, 0.6) is 0 Å². The quantitative estimate of drug-likeness (QED) is 0.681. The van der Waals surface area contributed by atoms with E-state index in [2.05, 4.69) is 10.4 Å². The molecule has 0 saturated heterocycles. The molecule has 0 unspecified atom stereocenters. The van der Waals surface area contributed by atoms with Crippen molar-refractivity contribution in [3.8, 4) is 0 Å². The normalized spacial score (nSPS) is 11.9. The van der Waals surface area contributed by atoms with Gasteiger partial charge in [0.25, 0.3) is 11.5 Å². The zero-order valence-electron chi connectivity index (χ0n) is 15.5. The molecule has 1 N–H and O–H groups in total. The number of esters is 1. The standard InChI is InChI=1S/C20H18ClN3O4/c1-11-8-9-13(21)10-16(11)22-18(25)12(2)28-20(27)17-14-6-4-5-7-15(14)19(26)24(3)23-17/h4-10,12H,1-3H3,(H,22,25)/t12-/m1/s1. The summed E-state index contributed by atoms with van der Waals surface area (Å²) in [4.78, 5) is 37.2. The number of amides is 1. The molecule has 0 saturated carbocycles. The fraction of sp³-hybridized carbons (Fsp3) is 0.200. The first kappa shape index (κ1) is 19.6. The predicted octanol–water partition coefficient (Wildman–Crippen LogP) is 3.08. The van der Waals surface area contributed by atoms with Crippen LogP contribution >= 0.6 is 11.6 Å². The molecule has 0 bridgehead atoms. The number of carbonyl (C=O) groups excluding carboxylic acids is 2. The third-order valence-electron chi connectivity index (χ3n) is 4.26. The van der Waals surface area contributed by atoms with Crippen molar-refractivity contribution < 1.29 is 14.3 Å². The van der Waals surface area contributed by atoms with E-state index in [4.69, 9.17) is 16.3 Å². The summed E-state index contributed by atoms with van der Waals surface area (Å²) in [6.07, 6.45) is -1.08. The minimum atomic E-state index is -1.08. The van der Waals surface area contributed by atoms with Gasteiger partial charge in [0.2, 0.25) is 0 Å². The summed E-state index contributed by atoms with van der Waals surface area (Å²) in [6, 6.07) is 11.7. The number of rotatable bonds is 4. The lowest BCUT2D eigenvalue weighted by atomic mass is 10.1. The molecule has 28 heavy (non-hydrogen) atoms. The van der Waals surface area contributed by atoms with Crippen LogP contribution < -0.4 is 10.9 Å². The van der Waals surface area contributed by atoms with Gasteiger partial charge in [0.05, 0.1) is 5.39 Å². The van der Waals surface area contributed by atoms with Gasteiger partial charge in [-0.1, -0.05) is 35.9 Å². The highest BCUT2D eigenvalue weighted by Crippen LogP contribution is 2.21. The number of hydrogen-bond acceptors (Lipinski definition) is 5. The van der Waals surface area contributed by atoms with Crippen molar-refractivity contribution in [2.45, 2.75) is 20.0 Å². The molecule has 2 aromatic carbocycles. The zero-order valence-corrected chi connectivity index (χ0v) is 16.3. The second kappa shape index (κ2) is 7.82. The Morgan fingerprint density at radius 2 is 1.86 bits per heavy atom. The van der Waals surface area contributed by atoms with E-state index in [0.29, 0.717) is 21.5 Å². The molecule has 3 rings (SSSR count). The fourth-order valence-electron chi connectivity index (χ4n) is 2.68. The van der Waals surface area contributed by atoms with Crippen LogP contribution in [0.2, 0.25) is 5.02 Å². The van der Waals surface area contributed by atoms with Gasteiger partial charge in [0.15, 0.2) is 11.8 Å². The number of nitrogens with one attached hydrogen (secondary N) is 1. The number of aromatic nitrogens is 2. The van der Waals surface area contributed by atoms with Gasteiger partial charge < -0.3 is 10.1 Å². The van der Waals surface area contributed by atoms with Crippen molar-refractivity contribution in [2.75, 3.05) is 5.32 Å². The van der Waals surface area contributed by atoms with Crippen molar-refractivity contribution >= 4 is 39.9 Å². The van der Waals surface area contributed by atoms with Crippen LogP contribution in [-0.2, 0) is 16.6 Å². The molecule has 3 aromatic rings. The average molecular weight is 400 g/mol. The smallest absolute Gasteiger partial charge is 0.360 e. The number of ether oxygens (including phenoxy) is 1. The number of carbonyl (C=O) groups is 2. The largest absolute Gasteiger partial charge is 0.448 e. The van der Waals surface area contributed by atoms with E-state index in [-0.39, 0.29) is 11.3 Å². The van der Waals surface area contributed by atoms with Crippen LogP contribution in [0.1, 0.15) is 23.0 Å². The van der Waals surface area contributed by atoms with Gasteiger partial charge in [-0.2, -0.15) is 5.10 Å². The Balaban J connectivity index is 1.82. The summed E-state index contributed by atoms with van der Waals surface area (Å²) in [5, 5.41) is 7.89. The number of hydrogen-bond donors (Lipinski definition) is 1. The van der Waals surface area contributed by atoms with E-state index in [1.807, 2.05) is 6.92 Å². The van der Waals surface area contributed by atoms with Crippen LogP contribution in [0.3, 0.4) is 0 Å². The Bertz CT molecular complexity index is 1140. The Labute approximate surface area is 165 Å². The Hall–Kier alpha value is -3.19. The molecular formula is C20H18ClN3O4. The molecule has 0 radical (unpaired) electrons. The highest BCUT2D eigenvalue weighted by molar-refractivity contribution is 6.31. The van der Waals surface area contributed by atoms with Crippen LogP contribution in [-0.4, -0.2) is 27.8 Å². The second-order valence-electron chi connectivity index (χ2n) is 6.32. The van der Waals surface area contributed by atoms with Crippen LogP contribution in [0.4, 0.5) is 5.69 Å². The molecule has 144 valence electrons. The summed E-state index contributed by atoms with van der Waals surface area (Å²) < 4.78 is 6.35. The van der Waals surface area contributed by atoms with Crippen LogP contribution in [0.15, 0.2) is 47.3 Å². The Morgan fingerprint density at radius 3 is 2.57 bits per heavy atom. The predicted molar refractivity (Wildman–Crippen MR) is 107 cm³/mol. The maximum absolute atomic E-state index is 12.6. The van der Waals surface area contributed by atoms with Crippen molar-refractivity contribution in [2.24, 2.45) is 7.05 Å². The van der Waals surface area contributed by atoms with Gasteiger partial charge in [-0.15, -0.1) is 0 Å². The molecule has 0 aliphatic rings. The Morgan fingerprint density at radius 1 is 1.18 bits per heavy atom. The first-order valence-electron chi connectivity index (χ1n) is 8.52. The van der Waals surface area contributed by atoms with Crippen molar-refractivity contribution in [1.82, 2.24) is 9.78 Å². The fourth-order valence-corrected chi connectivity index (χ4v) is 2.86. The number of aryl methyl sites for hydroxylation is 2. The first-order chi connectivity index (χ1) is 13.3. The molecule has 7 nitrogen and oxygen atoms in total. The number of nitrogens with zero attached hydrogens (tertiary/aromatic N) is 2. The molecule has 1 heterocycles. The topological polar surface area (TPSA) is 90.3 Å². The molecule has 1 atom stereocenters. The van der Waals surface area contributed by atoms with E-state index in [0.717, 1.165) is 10.2 Å². The van der Waals surface area contributed by atoms with Gasteiger partial charge in [0.1, 0.15) is 0 Å². The van der Waals surface area contributed by atoms with E-state index >= 15 is 0 Å². The highest BCUT2D eigenvalue weighted by Gasteiger charge is 2.23. The van der Waals surface area contributed by atoms with Gasteiger partial charge in [0, 0.05) is 23.1 Å². The second-order valence-corrected chi connectivity index (χ2v) is 6.76. The molecule has 8 heteroatoms. The first-order valence-corrected chi connectivity index (χ1v) is 8.89. The van der Waals surface area contributed by atoms with E-state index in [1.54, 1.807) is 42.5 Å². The summed E-state index contributed by atoms with van der Waals surface area (Å²) in [5.74, 6) is -1.30. The lowest BCUT2D eigenvalue weighted by molar-refractivity contribution is -0.123. The molecule has 0 spiro atoms. The lowest BCUT2D eigenvalue weighted by Gasteiger charge is -2.15. The summed E-state index contributed by atoms with van der Waals surface area (Å²) in [7, 11) is 1.45. The minimum Gasteiger partial charge on any atom is -0.448 e. The Kier molecular flexibility index (Phi) is 5.46. The number of benzene rings is 2. The van der Waals surface area contributed by atoms with Gasteiger partial charge >= 0.3 is 5.97 Å². The number of fused-ring (bicyclic) bond motifs is 1. The molecule has 1 amide bonds. The average Bonchev–Trinajstić information content (AvgIpc) is 2.67. The SMILES string of the molecule is Cc1ccc(Cl)cc1NC(=O)[C@@H](C)OC(=O)c1nn(C)c(=O)c2ccccc12. The molecule has 0 aliphatic carbocycles. The number of anilines is 1. The third kappa shape index (κ3) is 3.89. The third-order valence-corrected chi connectivity index (χ3v) is 4.50. The van der Waals surface area contributed by atoms with E-state index in [1.165, 1.54) is 14.0 Å². The van der Waals surface area contributed by atoms with E-state index < -0.39 is 18.0 Å². The maximum Gasteiger partial charge on any atom is 0.360 e. The maximum atomic E-state index is 12.6. The molecular weight excluding hydrogens is 382 g/mol. The van der Waals surface area contributed by atoms with Gasteiger partial charge in [-0.25, -0.2) is 9.48 Å². The summed E-state index contributed by atoms with van der Waals surface area (Å²) in [5.41, 5.74) is 0.999. The number of halogens is 1. The van der Waals surface area contributed by atoms with Crippen molar-refractivity contribution in [3.63, 3.8) is 0 Å². The van der Waals surface area contributed by atoms with Crippen LogP contribution in [0.25, 0.3) is 10.8 Å². The van der Waals surface area contributed by atoms with Crippen LogP contribution in [0, 0.1) is 6.92 Å². The van der Waals surface area contributed by atoms with Crippen molar-refractivity contribution in [3.05, 3.63) is 69.1 Å². The lowest BCUT2D eigenvalue weighted by Crippen LogP contribution is -2.31. The molecule has 1 aromatic heterocycles. The monoisotopic (exact) mass is 399 g/mol. The molecule has 0 fully saturated rings. The summed E-state index contributed by atoms with van der Waals surface area (Å²) in [6.45, 7) is 3.28. The van der Waals surface area contributed by atoms with Gasteiger partial charge in [-0.05, 0) is 37.6 Å². The highest BCUT2D eigenvalue weighted by atomic mass is 35.5. The summed E-state index contributed by atoms with van der Waals surface area (Å²) >= 11 is 5.95. The minimum absolute atomic E-state index is 0.0312. The zero-order chi connectivity index (χ0) is 20.4.